The molecule has 1 aliphatic heterocycles. The van der Waals surface area contributed by atoms with Crippen molar-refractivity contribution in [1.29, 1.82) is 0 Å². The van der Waals surface area contributed by atoms with E-state index in [0.717, 1.165) is 24.5 Å². The van der Waals surface area contributed by atoms with Crippen molar-refractivity contribution in [2.45, 2.75) is 18.2 Å². The topological polar surface area (TPSA) is 12.0 Å². The van der Waals surface area contributed by atoms with Crippen molar-refractivity contribution in [2.24, 2.45) is 0 Å². The molecule has 2 aromatic carbocycles. The highest BCUT2D eigenvalue weighted by Crippen LogP contribution is 2.31. The average molecular weight is 287 g/mol. The molecule has 2 aromatic rings. The molecule has 0 aromatic heterocycles. The van der Waals surface area contributed by atoms with Crippen molar-refractivity contribution < 1.29 is 4.39 Å². The molecule has 20 heavy (non-hydrogen) atoms. The first kappa shape index (κ1) is 13.7. The third-order valence-corrected chi connectivity index (χ3v) is 4.77. The van der Waals surface area contributed by atoms with Crippen molar-refractivity contribution >= 4 is 11.8 Å². The summed E-state index contributed by atoms with van der Waals surface area (Å²) in [6.45, 7) is 0.922. The quantitative estimate of drug-likeness (QED) is 0.914. The lowest BCUT2D eigenvalue weighted by molar-refractivity contribution is 0.576. The Morgan fingerprint density at radius 2 is 1.90 bits per heavy atom. The molecule has 104 valence electrons. The molecule has 3 heteroatoms. The first-order valence-corrected chi connectivity index (χ1v) is 8.12. The van der Waals surface area contributed by atoms with E-state index >= 15 is 0 Å². The van der Waals surface area contributed by atoms with E-state index in [4.69, 9.17) is 0 Å². The summed E-state index contributed by atoms with van der Waals surface area (Å²) in [6, 6.07) is 15.9. The maximum Gasteiger partial charge on any atom is 0.123 e. The predicted molar refractivity (Wildman–Crippen MR) is 83.5 cm³/mol. The van der Waals surface area contributed by atoms with Crippen LogP contribution in [-0.2, 0) is 12.2 Å². The molecule has 0 fully saturated rings. The van der Waals surface area contributed by atoms with E-state index in [9.17, 15) is 4.39 Å². The number of rotatable bonds is 4. The largest absolute Gasteiger partial charge is 0.309 e. The van der Waals surface area contributed by atoms with E-state index in [1.54, 1.807) is 0 Å². The van der Waals surface area contributed by atoms with Gasteiger partial charge >= 0.3 is 0 Å². The fourth-order valence-corrected chi connectivity index (χ4v) is 3.73. The van der Waals surface area contributed by atoms with Crippen LogP contribution >= 0.6 is 11.8 Å². The normalized spacial score (nSPS) is 17.8. The van der Waals surface area contributed by atoms with Gasteiger partial charge in [0.15, 0.2) is 0 Å². The summed E-state index contributed by atoms with van der Waals surface area (Å²) in [6.07, 6.45) is 0.934. The monoisotopic (exact) mass is 287 g/mol. The van der Waals surface area contributed by atoms with Gasteiger partial charge in [-0.25, -0.2) is 4.39 Å². The van der Waals surface area contributed by atoms with Crippen LogP contribution < -0.4 is 5.32 Å². The lowest BCUT2D eigenvalue weighted by Gasteiger charge is -2.26. The van der Waals surface area contributed by atoms with E-state index < -0.39 is 0 Å². The summed E-state index contributed by atoms with van der Waals surface area (Å²) in [7, 11) is 0. The molecular weight excluding hydrogens is 269 g/mol. The molecular formula is C17H18FNS. The van der Waals surface area contributed by atoms with Crippen LogP contribution in [0.1, 0.15) is 22.7 Å². The molecule has 0 saturated carbocycles. The van der Waals surface area contributed by atoms with Gasteiger partial charge < -0.3 is 5.32 Å². The van der Waals surface area contributed by atoms with E-state index in [-0.39, 0.29) is 5.82 Å². The van der Waals surface area contributed by atoms with Crippen molar-refractivity contribution in [3.63, 3.8) is 0 Å². The molecule has 0 radical (unpaired) electrons. The zero-order valence-electron chi connectivity index (χ0n) is 11.3. The smallest absolute Gasteiger partial charge is 0.123 e. The van der Waals surface area contributed by atoms with Crippen molar-refractivity contribution in [3.05, 3.63) is 71.0 Å². The fourth-order valence-electron chi connectivity index (χ4n) is 2.59. The van der Waals surface area contributed by atoms with Gasteiger partial charge in [-0.2, -0.15) is 11.8 Å². The van der Waals surface area contributed by atoms with Crippen LogP contribution in [0.3, 0.4) is 0 Å². The van der Waals surface area contributed by atoms with Crippen molar-refractivity contribution in [3.8, 4) is 0 Å². The predicted octanol–water partition coefficient (Wildman–Crippen LogP) is 3.95. The molecule has 1 nitrogen and oxygen atoms in total. The van der Waals surface area contributed by atoms with Gasteiger partial charge in [0.2, 0.25) is 0 Å². The minimum Gasteiger partial charge on any atom is -0.309 e. The number of benzene rings is 2. The van der Waals surface area contributed by atoms with Crippen LogP contribution in [0.15, 0.2) is 48.5 Å². The Labute approximate surface area is 123 Å². The molecule has 3 rings (SSSR count). The second kappa shape index (κ2) is 6.42. The summed E-state index contributed by atoms with van der Waals surface area (Å²) in [4.78, 5) is 0. The van der Waals surface area contributed by atoms with Crippen LogP contribution in [0.5, 0.6) is 0 Å². The first-order chi connectivity index (χ1) is 9.83. The molecule has 1 atom stereocenters. The molecule has 1 N–H and O–H groups in total. The highest BCUT2D eigenvalue weighted by atomic mass is 32.2. The highest BCUT2D eigenvalue weighted by Gasteiger charge is 2.18. The Morgan fingerprint density at radius 3 is 2.75 bits per heavy atom. The van der Waals surface area contributed by atoms with Gasteiger partial charge in [-0.05, 0) is 41.8 Å². The molecule has 0 amide bonds. The molecule has 1 aliphatic rings. The van der Waals surface area contributed by atoms with Crippen molar-refractivity contribution in [1.82, 2.24) is 5.32 Å². The Kier molecular flexibility index (Phi) is 4.38. The zero-order chi connectivity index (χ0) is 13.8. The Morgan fingerprint density at radius 1 is 1.10 bits per heavy atom. The molecule has 0 bridgehead atoms. The van der Waals surface area contributed by atoms with Crippen LogP contribution in [0, 0.1) is 5.82 Å². The maximum absolute atomic E-state index is 12.8. The zero-order valence-corrected chi connectivity index (χ0v) is 12.1. The van der Waals surface area contributed by atoms with E-state index in [1.807, 2.05) is 23.9 Å². The molecule has 0 saturated heterocycles. The van der Waals surface area contributed by atoms with E-state index in [2.05, 4.69) is 29.6 Å². The van der Waals surface area contributed by atoms with Gasteiger partial charge in [0.25, 0.3) is 0 Å². The second-order valence-electron chi connectivity index (χ2n) is 5.10. The number of hydrogen-bond donors (Lipinski definition) is 1. The standard InChI is InChI=1S/C17H18FNS/c18-15-7-5-13(6-8-15)9-10-19-17-12-20-11-14-3-1-2-4-16(14)17/h1-8,17,19H,9-12H2. The van der Waals surface area contributed by atoms with Gasteiger partial charge in [0.05, 0.1) is 0 Å². The third-order valence-electron chi connectivity index (χ3n) is 3.69. The van der Waals surface area contributed by atoms with E-state index in [0.29, 0.717) is 6.04 Å². The first-order valence-electron chi connectivity index (χ1n) is 6.96. The van der Waals surface area contributed by atoms with Crippen LogP contribution in [0.2, 0.25) is 0 Å². The van der Waals surface area contributed by atoms with Crippen LogP contribution in [0.25, 0.3) is 0 Å². The average Bonchev–Trinajstić information content (AvgIpc) is 2.49. The lowest BCUT2D eigenvalue weighted by atomic mass is 10.0. The SMILES string of the molecule is Fc1ccc(CCNC2CSCc3ccccc32)cc1. The Hall–Kier alpha value is -1.32. The number of nitrogens with one attached hydrogen (secondary N) is 1. The highest BCUT2D eigenvalue weighted by molar-refractivity contribution is 7.98. The Balaban J connectivity index is 1.58. The number of hydrogen-bond acceptors (Lipinski definition) is 2. The summed E-state index contributed by atoms with van der Waals surface area (Å²) in [5.41, 5.74) is 4.06. The third kappa shape index (κ3) is 3.22. The van der Waals surface area contributed by atoms with Gasteiger partial charge in [-0.15, -0.1) is 0 Å². The lowest BCUT2D eigenvalue weighted by Crippen LogP contribution is -2.28. The van der Waals surface area contributed by atoms with Crippen LogP contribution in [0.4, 0.5) is 4.39 Å². The minimum atomic E-state index is -0.167. The maximum atomic E-state index is 12.8. The summed E-state index contributed by atoms with van der Waals surface area (Å²) < 4.78 is 12.8. The fraction of sp³-hybridized carbons (Fsp3) is 0.294. The summed E-state index contributed by atoms with van der Waals surface area (Å²) >= 11 is 1.98. The summed E-state index contributed by atoms with van der Waals surface area (Å²) in [5, 5.41) is 3.63. The van der Waals surface area contributed by atoms with Gasteiger partial charge in [0.1, 0.15) is 5.82 Å². The van der Waals surface area contributed by atoms with Gasteiger partial charge in [0, 0.05) is 17.5 Å². The van der Waals surface area contributed by atoms with Gasteiger partial charge in [-0.1, -0.05) is 36.4 Å². The molecule has 1 heterocycles. The minimum absolute atomic E-state index is 0.167. The molecule has 1 unspecified atom stereocenters. The molecule has 0 spiro atoms. The summed E-state index contributed by atoms with van der Waals surface area (Å²) in [5.74, 6) is 2.08. The van der Waals surface area contributed by atoms with Crippen LogP contribution in [-0.4, -0.2) is 12.3 Å². The number of fused-ring (bicyclic) bond motifs is 1. The molecule has 0 aliphatic carbocycles. The van der Waals surface area contributed by atoms with Crippen molar-refractivity contribution in [2.75, 3.05) is 12.3 Å². The van der Waals surface area contributed by atoms with E-state index in [1.165, 1.54) is 28.8 Å². The number of thioether (sulfide) groups is 1. The Bertz CT molecular complexity index is 567. The van der Waals surface area contributed by atoms with Gasteiger partial charge in [-0.3, -0.25) is 0 Å². The second-order valence-corrected chi connectivity index (χ2v) is 6.13. The number of halogens is 1.